The van der Waals surface area contributed by atoms with Gasteiger partial charge >= 0.3 is 0 Å². The summed E-state index contributed by atoms with van der Waals surface area (Å²) in [6.07, 6.45) is 9.56. The van der Waals surface area contributed by atoms with Crippen molar-refractivity contribution >= 4 is 11.8 Å². The van der Waals surface area contributed by atoms with E-state index >= 15 is 0 Å². The van der Waals surface area contributed by atoms with Crippen LogP contribution in [0.5, 0.6) is 0 Å². The highest BCUT2D eigenvalue weighted by Gasteiger charge is 2.41. The van der Waals surface area contributed by atoms with E-state index in [0.717, 1.165) is 32.5 Å². The zero-order chi connectivity index (χ0) is 23.6. The molecule has 3 N–H and O–H groups in total. The molecule has 2 heterocycles. The number of nitrogens with zero attached hydrogens (tertiary/aromatic N) is 2. The lowest BCUT2D eigenvalue weighted by Crippen LogP contribution is -2.50. The van der Waals surface area contributed by atoms with E-state index in [1.54, 1.807) is 6.07 Å². The Morgan fingerprint density at radius 3 is 2.39 bits per heavy atom. The van der Waals surface area contributed by atoms with Crippen LogP contribution in [0.2, 0.25) is 0 Å². The molecule has 2 aliphatic heterocycles. The largest absolute Gasteiger partial charge is 0.395 e. The lowest BCUT2D eigenvalue weighted by atomic mass is 9.84. The quantitative estimate of drug-likeness (QED) is 0.596. The summed E-state index contributed by atoms with van der Waals surface area (Å²) in [5, 5.41) is 9.79. The Kier molecular flexibility index (Phi) is 7.44. The highest BCUT2D eigenvalue weighted by molar-refractivity contribution is 5.92. The topological polar surface area (TPSA) is 86.9 Å². The molecular formula is C27H41N3O3. The maximum absolute atomic E-state index is 13.3. The second-order valence-electron chi connectivity index (χ2n) is 11.2. The molecule has 1 aliphatic carbocycles. The first kappa shape index (κ1) is 24.2. The van der Waals surface area contributed by atoms with E-state index in [2.05, 4.69) is 11.0 Å². The Morgan fingerprint density at radius 1 is 1.12 bits per heavy atom. The van der Waals surface area contributed by atoms with Crippen molar-refractivity contribution in [2.24, 2.45) is 17.1 Å². The van der Waals surface area contributed by atoms with Gasteiger partial charge in [-0.3, -0.25) is 14.5 Å². The Hall–Kier alpha value is -1.92. The third-order valence-corrected chi connectivity index (χ3v) is 8.37. The van der Waals surface area contributed by atoms with Crippen LogP contribution in [0.15, 0.2) is 24.3 Å². The van der Waals surface area contributed by atoms with Gasteiger partial charge < -0.3 is 15.7 Å². The molecule has 3 aliphatic rings. The second-order valence-corrected chi connectivity index (χ2v) is 11.2. The second kappa shape index (κ2) is 10.1. The third kappa shape index (κ3) is 5.43. The number of hydrogen-bond acceptors (Lipinski definition) is 4. The fraction of sp³-hybridized carbons (Fsp3) is 0.704. The van der Waals surface area contributed by atoms with Gasteiger partial charge in [-0.05, 0) is 81.9 Å². The molecule has 0 aromatic heterocycles. The van der Waals surface area contributed by atoms with Crippen molar-refractivity contribution < 1.29 is 14.7 Å². The molecule has 3 fully saturated rings. The Labute approximate surface area is 198 Å². The zero-order valence-corrected chi connectivity index (χ0v) is 20.3. The molecule has 0 spiro atoms. The van der Waals surface area contributed by atoms with Crippen LogP contribution >= 0.6 is 0 Å². The van der Waals surface area contributed by atoms with E-state index in [4.69, 9.17) is 5.73 Å². The molecule has 1 unspecified atom stereocenters. The molecule has 33 heavy (non-hydrogen) atoms. The average Bonchev–Trinajstić information content (AvgIpc) is 3.40. The number of primary amides is 1. The molecule has 1 aromatic carbocycles. The van der Waals surface area contributed by atoms with Gasteiger partial charge in [0, 0.05) is 37.3 Å². The van der Waals surface area contributed by atoms with Crippen molar-refractivity contribution in [1.82, 2.24) is 9.80 Å². The monoisotopic (exact) mass is 455 g/mol. The summed E-state index contributed by atoms with van der Waals surface area (Å²) in [5.41, 5.74) is 6.59. The van der Waals surface area contributed by atoms with Crippen LogP contribution in [0, 0.1) is 11.3 Å². The van der Waals surface area contributed by atoms with Crippen molar-refractivity contribution in [3.8, 4) is 0 Å². The Bertz CT molecular complexity index is 835. The molecule has 0 radical (unpaired) electrons. The predicted molar refractivity (Wildman–Crippen MR) is 130 cm³/mol. The zero-order valence-electron chi connectivity index (χ0n) is 20.3. The minimum atomic E-state index is -0.726. The molecule has 1 saturated carbocycles. The number of rotatable bonds is 9. The maximum atomic E-state index is 13.3. The van der Waals surface area contributed by atoms with Crippen molar-refractivity contribution in [2.45, 2.75) is 83.2 Å². The molecule has 4 rings (SSSR count). The molecule has 6 heteroatoms. The highest BCUT2D eigenvalue weighted by Crippen LogP contribution is 2.43. The Morgan fingerprint density at radius 2 is 1.79 bits per heavy atom. The third-order valence-electron chi connectivity index (χ3n) is 8.37. The number of carbonyl (C=O) groups is 2. The highest BCUT2D eigenvalue weighted by atomic mass is 16.3. The van der Waals surface area contributed by atoms with E-state index in [-0.39, 0.29) is 18.4 Å². The van der Waals surface area contributed by atoms with E-state index in [0.29, 0.717) is 29.5 Å². The minimum Gasteiger partial charge on any atom is -0.395 e. The number of benzene rings is 1. The lowest BCUT2D eigenvalue weighted by Gasteiger charge is -2.41. The van der Waals surface area contributed by atoms with Gasteiger partial charge in [0.05, 0.1) is 12.0 Å². The van der Waals surface area contributed by atoms with Gasteiger partial charge in [0.2, 0.25) is 11.8 Å². The number of fused-ring (bicyclic) bond motifs is 2. The van der Waals surface area contributed by atoms with E-state index in [1.165, 1.54) is 44.1 Å². The van der Waals surface area contributed by atoms with Crippen LogP contribution in [0.1, 0.15) is 87.1 Å². The SMILES string of the molecule is CC(C)(CO)C(=O)N(CCN1[C@@H]2CC[C@H]1CC(c1cccc(C(N)=O)c1)C2)CC1CCCC1. The smallest absolute Gasteiger partial charge is 0.248 e. The standard InChI is InChI=1S/C27H41N3O3/c1-27(2,18-31)26(33)29(17-19-6-3-4-7-19)12-13-30-23-10-11-24(30)16-22(15-23)20-8-5-9-21(14-20)25(28)32/h5,8-9,14,19,22-24,31H,3-4,6-7,10-13,15-18H2,1-2H3,(H2,28,32)/t22?,23-,24+. The average molecular weight is 456 g/mol. The van der Waals surface area contributed by atoms with E-state index in [1.807, 2.05) is 30.9 Å². The van der Waals surface area contributed by atoms with Crippen molar-refractivity contribution in [3.63, 3.8) is 0 Å². The van der Waals surface area contributed by atoms with Gasteiger partial charge in [-0.25, -0.2) is 0 Å². The number of aliphatic hydroxyl groups excluding tert-OH is 1. The summed E-state index contributed by atoms with van der Waals surface area (Å²) in [6.45, 7) is 6.07. The molecule has 2 bridgehead atoms. The first-order chi connectivity index (χ1) is 15.8. The van der Waals surface area contributed by atoms with Crippen LogP contribution < -0.4 is 5.73 Å². The molecular weight excluding hydrogens is 414 g/mol. The van der Waals surface area contributed by atoms with Crippen LogP contribution in [0.25, 0.3) is 0 Å². The minimum absolute atomic E-state index is 0.0856. The van der Waals surface area contributed by atoms with E-state index in [9.17, 15) is 14.7 Å². The van der Waals surface area contributed by atoms with Crippen LogP contribution in [-0.2, 0) is 4.79 Å². The van der Waals surface area contributed by atoms with Gasteiger partial charge in [0.15, 0.2) is 0 Å². The molecule has 2 amide bonds. The summed E-state index contributed by atoms with van der Waals surface area (Å²) in [5.74, 6) is 0.781. The van der Waals surface area contributed by atoms with Crippen LogP contribution in [0.4, 0.5) is 0 Å². The number of hydrogen-bond donors (Lipinski definition) is 2. The molecule has 3 atom stereocenters. The summed E-state index contributed by atoms with van der Waals surface area (Å²) < 4.78 is 0. The maximum Gasteiger partial charge on any atom is 0.248 e. The lowest BCUT2D eigenvalue weighted by molar-refractivity contribution is -0.143. The predicted octanol–water partition coefficient (Wildman–Crippen LogP) is 3.53. The van der Waals surface area contributed by atoms with E-state index < -0.39 is 5.41 Å². The molecule has 182 valence electrons. The molecule has 6 nitrogen and oxygen atoms in total. The first-order valence-corrected chi connectivity index (χ1v) is 12.8. The number of piperidine rings is 1. The fourth-order valence-electron chi connectivity index (χ4n) is 6.37. The van der Waals surface area contributed by atoms with Crippen LogP contribution in [-0.4, -0.2) is 65.0 Å². The van der Waals surface area contributed by atoms with Gasteiger partial charge in [0.25, 0.3) is 0 Å². The molecule has 1 aromatic rings. The Balaban J connectivity index is 1.40. The number of aliphatic hydroxyl groups is 1. The van der Waals surface area contributed by atoms with Crippen molar-refractivity contribution in [2.75, 3.05) is 26.2 Å². The fourth-order valence-corrected chi connectivity index (χ4v) is 6.37. The summed E-state index contributed by atoms with van der Waals surface area (Å²) in [6, 6.07) is 8.89. The summed E-state index contributed by atoms with van der Waals surface area (Å²) in [7, 11) is 0. The van der Waals surface area contributed by atoms with Crippen LogP contribution in [0.3, 0.4) is 0 Å². The number of carbonyl (C=O) groups excluding carboxylic acids is 2. The summed E-state index contributed by atoms with van der Waals surface area (Å²) in [4.78, 5) is 29.6. The normalized spacial score (nSPS) is 26.0. The number of nitrogens with two attached hydrogens (primary N) is 1. The van der Waals surface area contributed by atoms with Gasteiger partial charge in [-0.1, -0.05) is 25.0 Å². The van der Waals surface area contributed by atoms with Gasteiger partial charge in [-0.2, -0.15) is 0 Å². The first-order valence-electron chi connectivity index (χ1n) is 12.8. The van der Waals surface area contributed by atoms with Gasteiger partial charge in [0.1, 0.15) is 0 Å². The van der Waals surface area contributed by atoms with Gasteiger partial charge in [-0.15, -0.1) is 0 Å². The van der Waals surface area contributed by atoms with Crippen molar-refractivity contribution in [3.05, 3.63) is 35.4 Å². The van der Waals surface area contributed by atoms with Crippen molar-refractivity contribution in [1.29, 1.82) is 0 Å². The molecule has 2 saturated heterocycles. The number of amides is 2. The summed E-state index contributed by atoms with van der Waals surface area (Å²) >= 11 is 0.